The molecule has 4 amide bonds. The standard InChI is InChI=1S/C42H63N5O10S/c1-8-28-24-42(28,45-34(48)32-25-41(26-40(41,5)6)27-47(32)38(52)57-39(2,3)4)36(50)46-58(53,54)33-22-16-15-20-30(33)43-23-17-11-9-10-12-21-31(35(49)55-7)44-37(51)56-29-18-13-14-19-29/h8,15-16,20,22,28-29,31-32,43H,1,9-14,17-19,21,23-27H2,2-7H3,(H,44,51)(H,45,48)(H,46,50)/t28-,31+,32+,41+,42-/m1/s1. The van der Waals surface area contributed by atoms with Crippen molar-refractivity contribution in [1.29, 1.82) is 0 Å². The number of ether oxygens (including phenoxy) is 3. The number of carbonyl (C=O) groups is 5. The third-order valence-electron chi connectivity index (χ3n) is 12.2. The molecule has 4 N–H and O–H groups in total. The van der Waals surface area contributed by atoms with Crippen molar-refractivity contribution in [3.8, 4) is 0 Å². The van der Waals surface area contributed by atoms with E-state index >= 15 is 0 Å². The molecule has 1 spiro atoms. The number of likely N-dealkylation sites (tertiary alicyclic amines) is 1. The fourth-order valence-electron chi connectivity index (χ4n) is 8.55. The summed E-state index contributed by atoms with van der Waals surface area (Å²) in [5.74, 6) is -2.44. The summed E-state index contributed by atoms with van der Waals surface area (Å²) in [7, 11) is -3.10. The van der Waals surface area contributed by atoms with Crippen LogP contribution in [0.3, 0.4) is 0 Å². The van der Waals surface area contributed by atoms with Crippen molar-refractivity contribution < 1.29 is 46.6 Å². The van der Waals surface area contributed by atoms with E-state index in [1.54, 1.807) is 39.0 Å². The van der Waals surface area contributed by atoms with Crippen molar-refractivity contribution >= 4 is 45.7 Å². The molecule has 1 aromatic rings. The quantitative estimate of drug-likeness (QED) is 0.0591. The normalized spacial score (nSPS) is 25.3. The molecule has 58 heavy (non-hydrogen) atoms. The summed E-state index contributed by atoms with van der Waals surface area (Å²) in [6.45, 7) is 14.1. The Morgan fingerprint density at radius 1 is 1.00 bits per heavy atom. The van der Waals surface area contributed by atoms with Gasteiger partial charge in [-0.2, -0.15) is 0 Å². The van der Waals surface area contributed by atoms with E-state index in [4.69, 9.17) is 14.2 Å². The Hall–Kier alpha value is -4.34. The number of carbonyl (C=O) groups excluding carboxylic acids is 5. The number of anilines is 1. The van der Waals surface area contributed by atoms with E-state index in [-0.39, 0.29) is 28.3 Å². The molecule has 3 aliphatic carbocycles. The smallest absolute Gasteiger partial charge is 0.410 e. The average molecular weight is 830 g/mol. The van der Waals surface area contributed by atoms with E-state index in [0.29, 0.717) is 38.0 Å². The lowest BCUT2D eigenvalue weighted by Gasteiger charge is -2.29. The molecule has 0 aromatic heterocycles. The lowest BCUT2D eigenvalue weighted by molar-refractivity contribution is -0.143. The van der Waals surface area contributed by atoms with Gasteiger partial charge in [-0.3, -0.25) is 14.5 Å². The number of sulfonamides is 1. The molecular formula is C42H63N5O10S. The predicted molar refractivity (Wildman–Crippen MR) is 217 cm³/mol. The van der Waals surface area contributed by atoms with E-state index in [0.717, 1.165) is 57.8 Å². The van der Waals surface area contributed by atoms with Gasteiger partial charge < -0.3 is 30.2 Å². The number of para-hydroxylation sites is 1. The number of rotatable bonds is 18. The van der Waals surface area contributed by atoms with E-state index in [1.807, 2.05) is 0 Å². The predicted octanol–water partition coefficient (Wildman–Crippen LogP) is 5.94. The minimum Gasteiger partial charge on any atom is -0.467 e. The van der Waals surface area contributed by atoms with Crippen LogP contribution in [0, 0.1) is 16.7 Å². The van der Waals surface area contributed by atoms with Gasteiger partial charge >= 0.3 is 18.2 Å². The molecule has 5 atom stereocenters. The van der Waals surface area contributed by atoms with Crippen molar-refractivity contribution in [1.82, 2.24) is 20.3 Å². The van der Waals surface area contributed by atoms with E-state index < -0.39 is 69.1 Å². The van der Waals surface area contributed by atoms with Gasteiger partial charge in [0.25, 0.3) is 15.9 Å². The number of nitrogens with one attached hydrogen (secondary N) is 4. The second-order valence-corrected chi connectivity index (χ2v) is 19.8. The zero-order valence-corrected chi connectivity index (χ0v) is 35.8. The monoisotopic (exact) mass is 829 g/mol. The number of hydrogen-bond donors (Lipinski definition) is 4. The molecule has 322 valence electrons. The summed E-state index contributed by atoms with van der Waals surface area (Å²) in [5.41, 5.74) is -2.32. The first kappa shape index (κ1) is 44.8. The number of hydrogen-bond acceptors (Lipinski definition) is 11. The van der Waals surface area contributed by atoms with Crippen molar-refractivity contribution in [2.24, 2.45) is 16.7 Å². The summed E-state index contributed by atoms with van der Waals surface area (Å²) in [6, 6.07) is 4.62. The van der Waals surface area contributed by atoms with Gasteiger partial charge in [-0.05, 0) is 102 Å². The molecule has 1 aromatic carbocycles. The zero-order valence-electron chi connectivity index (χ0n) is 34.9. The van der Waals surface area contributed by atoms with Crippen LogP contribution < -0.4 is 20.7 Å². The molecule has 3 saturated carbocycles. The van der Waals surface area contributed by atoms with Crippen LogP contribution in [0.15, 0.2) is 41.8 Å². The summed E-state index contributed by atoms with van der Waals surface area (Å²) in [5, 5.41) is 8.67. The highest BCUT2D eigenvalue weighted by molar-refractivity contribution is 7.90. The average Bonchev–Trinajstić information content (AvgIpc) is 3.74. The summed E-state index contributed by atoms with van der Waals surface area (Å²) >= 11 is 0. The molecule has 0 radical (unpaired) electrons. The van der Waals surface area contributed by atoms with Gasteiger partial charge in [0.1, 0.15) is 34.2 Å². The molecule has 4 fully saturated rings. The number of unbranched alkanes of at least 4 members (excludes halogenated alkanes) is 4. The molecule has 1 aliphatic heterocycles. The Labute approximate surface area is 343 Å². The van der Waals surface area contributed by atoms with Gasteiger partial charge in [0, 0.05) is 19.0 Å². The van der Waals surface area contributed by atoms with Crippen molar-refractivity contribution in [3.05, 3.63) is 36.9 Å². The lowest BCUT2D eigenvalue weighted by atomic mass is 9.93. The topological polar surface area (TPSA) is 199 Å². The summed E-state index contributed by atoms with van der Waals surface area (Å²) < 4.78 is 45.7. The number of amides is 4. The van der Waals surface area contributed by atoms with Crippen LogP contribution in [-0.2, 0) is 38.6 Å². The Morgan fingerprint density at radius 3 is 2.28 bits per heavy atom. The lowest BCUT2D eigenvalue weighted by Crippen LogP contribution is -2.56. The van der Waals surface area contributed by atoms with E-state index in [2.05, 4.69) is 41.1 Å². The van der Waals surface area contributed by atoms with Crippen LogP contribution in [0.5, 0.6) is 0 Å². The van der Waals surface area contributed by atoms with Gasteiger partial charge in [-0.1, -0.05) is 57.7 Å². The Balaban J connectivity index is 1.12. The molecule has 16 heteroatoms. The molecule has 1 saturated heterocycles. The van der Waals surface area contributed by atoms with Gasteiger partial charge in [-0.25, -0.2) is 27.5 Å². The number of esters is 1. The highest BCUT2D eigenvalue weighted by Crippen LogP contribution is 2.69. The van der Waals surface area contributed by atoms with E-state index in [9.17, 15) is 32.4 Å². The molecular weight excluding hydrogens is 767 g/mol. The van der Waals surface area contributed by atoms with Gasteiger partial charge in [-0.15, -0.1) is 6.58 Å². The van der Waals surface area contributed by atoms with Crippen LogP contribution in [0.2, 0.25) is 0 Å². The van der Waals surface area contributed by atoms with Crippen molar-refractivity contribution in [2.75, 3.05) is 25.5 Å². The third kappa shape index (κ3) is 10.6. The maximum Gasteiger partial charge on any atom is 0.410 e. The van der Waals surface area contributed by atoms with Crippen LogP contribution in [0.1, 0.15) is 118 Å². The highest BCUT2D eigenvalue weighted by Gasteiger charge is 2.68. The second-order valence-electron chi connectivity index (χ2n) is 18.1. The fraction of sp³-hybridized carbons (Fsp3) is 0.690. The first-order valence-corrected chi connectivity index (χ1v) is 22.1. The zero-order chi connectivity index (χ0) is 42.5. The minimum absolute atomic E-state index is 0.0712. The van der Waals surface area contributed by atoms with Gasteiger partial charge in [0.2, 0.25) is 5.91 Å². The third-order valence-corrected chi connectivity index (χ3v) is 13.6. The van der Waals surface area contributed by atoms with Crippen molar-refractivity contribution in [3.63, 3.8) is 0 Å². The molecule has 4 aliphatic rings. The maximum atomic E-state index is 14.0. The second kappa shape index (κ2) is 17.9. The minimum atomic E-state index is -4.38. The number of nitrogens with zero attached hydrogens (tertiary/aromatic N) is 1. The first-order valence-electron chi connectivity index (χ1n) is 20.7. The SMILES string of the molecule is C=C[C@@H]1C[C@]1(NC(=O)[C@@H]1C[C@@]2(CN1C(=O)OC(C)(C)C)CC2(C)C)C(=O)NS(=O)(=O)c1ccccc1NCCCCCCC[C@H](NC(=O)OC1CCCC1)C(=O)OC. The van der Waals surface area contributed by atoms with Gasteiger partial charge in [0.15, 0.2) is 0 Å². The number of alkyl carbamates (subject to hydrolysis) is 1. The summed E-state index contributed by atoms with van der Waals surface area (Å²) in [4.78, 5) is 67.0. The highest BCUT2D eigenvalue weighted by atomic mass is 32.2. The van der Waals surface area contributed by atoms with Crippen LogP contribution in [0.4, 0.5) is 15.3 Å². The Bertz CT molecular complexity index is 1820. The van der Waals surface area contributed by atoms with Crippen molar-refractivity contribution in [2.45, 2.75) is 152 Å². The Kier molecular flexibility index (Phi) is 13.8. The van der Waals surface area contributed by atoms with Crippen LogP contribution in [-0.4, -0.2) is 92.8 Å². The largest absolute Gasteiger partial charge is 0.467 e. The Morgan fingerprint density at radius 2 is 1.66 bits per heavy atom. The maximum absolute atomic E-state index is 14.0. The first-order chi connectivity index (χ1) is 27.3. The summed E-state index contributed by atoms with van der Waals surface area (Å²) in [6.07, 6.45) is 9.66. The number of methoxy groups -OCH3 is 1. The molecule has 5 rings (SSSR count). The van der Waals surface area contributed by atoms with Crippen LogP contribution >= 0.6 is 0 Å². The number of benzene rings is 1. The molecule has 15 nitrogen and oxygen atoms in total. The van der Waals surface area contributed by atoms with Crippen LogP contribution in [0.25, 0.3) is 0 Å². The van der Waals surface area contributed by atoms with Gasteiger partial charge in [0.05, 0.1) is 12.8 Å². The fourth-order valence-corrected chi connectivity index (χ4v) is 9.78. The molecule has 1 heterocycles. The van der Waals surface area contributed by atoms with E-state index in [1.165, 1.54) is 24.2 Å². The molecule has 0 bridgehead atoms. The molecule has 0 unspecified atom stereocenters.